The molecule has 1 aliphatic rings. The normalized spacial score (nSPS) is 13.6. The van der Waals surface area contributed by atoms with Crippen molar-refractivity contribution in [1.82, 2.24) is 15.3 Å². The summed E-state index contributed by atoms with van der Waals surface area (Å²) in [7, 11) is 0. The van der Waals surface area contributed by atoms with Gasteiger partial charge in [0, 0.05) is 11.6 Å². The molecule has 5 heteroatoms. The van der Waals surface area contributed by atoms with E-state index in [4.69, 9.17) is 0 Å². The number of carbonyl (C=O) groups is 1. The molecule has 0 bridgehead atoms. The van der Waals surface area contributed by atoms with E-state index >= 15 is 0 Å². The number of nitrogens with one attached hydrogen (secondary N) is 1. The van der Waals surface area contributed by atoms with Gasteiger partial charge in [-0.1, -0.05) is 0 Å². The van der Waals surface area contributed by atoms with Gasteiger partial charge < -0.3 is 5.32 Å². The van der Waals surface area contributed by atoms with Crippen LogP contribution in [-0.4, -0.2) is 16.0 Å². The van der Waals surface area contributed by atoms with E-state index in [1.165, 1.54) is 6.33 Å². The Morgan fingerprint density at radius 3 is 3.14 bits per heavy atom. The topological polar surface area (TPSA) is 69.0 Å². The lowest BCUT2D eigenvalue weighted by atomic mass is 10.2. The fraction of sp³-hybridized carbons (Fsp3) is 0. The van der Waals surface area contributed by atoms with Gasteiger partial charge >= 0.3 is 6.03 Å². The van der Waals surface area contributed by atoms with E-state index in [9.17, 15) is 4.79 Å². The molecule has 2 amide bonds. The number of carbonyl (C=O) groups excluding carboxylic acids is 1. The van der Waals surface area contributed by atoms with Crippen molar-refractivity contribution in [3.8, 4) is 0 Å². The zero-order chi connectivity index (χ0) is 9.54. The Labute approximate surface area is 79.2 Å². The number of benzene rings is 1. The molecule has 0 saturated heterocycles. The Morgan fingerprint density at radius 1 is 1.29 bits per heavy atom. The zero-order valence-corrected chi connectivity index (χ0v) is 7.06. The van der Waals surface area contributed by atoms with Gasteiger partial charge in [-0.05, 0) is 12.1 Å². The van der Waals surface area contributed by atoms with Gasteiger partial charge in [0.25, 0.3) is 0 Å². The first-order valence-corrected chi connectivity index (χ1v) is 4.09. The Kier molecular flexibility index (Phi) is 1.25. The molecule has 1 aliphatic heterocycles. The van der Waals surface area contributed by atoms with Crippen LogP contribution >= 0.6 is 0 Å². The molecule has 0 unspecified atom stereocenters. The molecule has 0 saturated carbocycles. The van der Waals surface area contributed by atoms with Crippen LogP contribution in [0.4, 0.5) is 16.2 Å². The fourth-order valence-electron chi connectivity index (χ4n) is 1.46. The predicted octanol–water partition coefficient (Wildman–Crippen LogP) is 1.41. The summed E-state index contributed by atoms with van der Waals surface area (Å²) < 4.78 is 0. The monoisotopic (exact) mass is 185 g/mol. The van der Waals surface area contributed by atoms with Crippen molar-refractivity contribution < 1.29 is 4.79 Å². The highest BCUT2D eigenvalue weighted by Crippen LogP contribution is 2.30. The highest BCUT2D eigenvalue weighted by Gasteiger charge is 2.19. The van der Waals surface area contributed by atoms with Crippen LogP contribution in [0.5, 0.6) is 0 Å². The summed E-state index contributed by atoms with van der Waals surface area (Å²) in [5.41, 5.74) is 2.16. The molecule has 0 spiro atoms. The van der Waals surface area contributed by atoms with Gasteiger partial charge in [0.15, 0.2) is 0 Å². The van der Waals surface area contributed by atoms with Crippen LogP contribution in [0.2, 0.25) is 0 Å². The predicted molar refractivity (Wildman–Crippen MR) is 50.4 cm³/mol. The van der Waals surface area contributed by atoms with Crippen molar-refractivity contribution in [3.05, 3.63) is 24.7 Å². The van der Waals surface area contributed by atoms with E-state index in [-0.39, 0.29) is 6.03 Å². The van der Waals surface area contributed by atoms with Crippen molar-refractivity contribution in [2.75, 3.05) is 5.32 Å². The molecule has 0 aliphatic carbocycles. The molecule has 1 N–H and O–H groups in total. The van der Waals surface area contributed by atoms with Crippen molar-refractivity contribution in [1.29, 1.82) is 0 Å². The highest BCUT2D eigenvalue weighted by molar-refractivity contribution is 6.05. The highest BCUT2D eigenvalue weighted by atomic mass is 16.2. The molecular weight excluding hydrogens is 180 g/mol. The minimum Gasteiger partial charge on any atom is -0.304 e. The number of rotatable bonds is 0. The van der Waals surface area contributed by atoms with Gasteiger partial charge in [-0.3, -0.25) is 0 Å². The number of fused-ring (bicyclic) bond motifs is 2. The van der Waals surface area contributed by atoms with Gasteiger partial charge in [0.1, 0.15) is 6.33 Å². The summed E-state index contributed by atoms with van der Waals surface area (Å²) in [6, 6.07) is 3.26. The summed E-state index contributed by atoms with van der Waals surface area (Å²) in [6.07, 6.45) is 3.17. The lowest BCUT2D eigenvalue weighted by molar-refractivity contribution is 0.256. The fourth-order valence-corrected chi connectivity index (χ4v) is 1.46. The lowest BCUT2D eigenvalue weighted by Crippen LogP contribution is -2.08. The second kappa shape index (κ2) is 2.41. The molecule has 0 atom stereocenters. The molecule has 2 aromatic rings. The standard InChI is InChI=1S/C9H5N4O/c14-9-12-7-1-5-3-10-4-11-6(5)2-8(7)13-9/h1-4H,(H,13,14). The number of nitrogens with zero attached hydrogens (tertiary/aromatic N) is 3. The van der Waals surface area contributed by atoms with E-state index in [2.05, 4.69) is 20.6 Å². The smallest absolute Gasteiger partial charge is 0.304 e. The van der Waals surface area contributed by atoms with Crippen LogP contribution in [0, 0.1) is 0 Å². The van der Waals surface area contributed by atoms with Gasteiger partial charge in [-0.2, -0.15) is 5.32 Å². The van der Waals surface area contributed by atoms with Crippen molar-refractivity contribution >= 4 is 28.3 Å². The Bertz CT molecular complexity index is 491. The largest absolute Gasteiger partial charge is 0.346 e. The molecule has 2 heterocycles. The Hall–Kier alpha value is -2.17. The minimum absolute atomic E-state index is 0.330. The number of urea groups is 1. The average molecular weight is 185 g/mol. The summed E-state index contributed by atoms with van der Waals surface area (Å²) in [4.78, 5) is 18.9. The van der Waals surface area contributed by atoms with E-state index < -0.39 is 0 Å². The number of amides is 2. The summed E-state index contributed by atoms with van der Waals surface area (Å²) in [6.45, 7) is 0. The third-order valence-electron chi connectivity index (χ3n) is 2.09. The Balaban J connectivity index is 2.31. The minimum atomic E-state index is -0.330. The summed E-state index contributed by atoms with van der Waals surface area (Å²) in [5, 5.41) is 7.30. The number of hydrogen-bond acceptors (Lipinski definition) is 3. The maximum Gasteiger partial charge on any atom is 0.346 e. The van der Waals surface area contributed by atoms with Gasteiger partial charge in [0.05, 0.1) is 16.9 Å². The molecule has 1 aromatic heterocycles. The zero-order valence-electron chi connectivity index (χ0n) is 7.06. The van der Waals surface area contributed by atoms with Crippen molar-refractivity contribution in [2.45, 2.75) is 0 Å². The quantitative estimate of drug-likeness (QED) is 0.674. The van der Waals surface area contributed by atoms with Gasteiger partial charge in [0.2, 0.25) is 0 Å². The number of anilines is 1. The van der Waals surface area contributed by atoms with Crippen LogP contribution in [0.15, 0.2) is 24.7 Å². The van der Waals surface area contributed by atoms with E-state index in [1.807, 2.05) is 0 Å². The average Bonchev–Trinajstić information content (AvgIpc) is 2.53. The van der Waals surface area contributed by atoms with Crippen LogP contribution in [0.25, 0.3) is 10.9 Å². The maximum absolute atomic E-state index is 11.0. The summed E-state index contributed by atoms with van der Waals surface area (Å²) in [5.74, 6) is 0. The van der Waals surface area contributed by atoms with Crippen molar-refractivity contribution in [3.63, 3.8) is 0 Å². The molecule has 0 fully saturated rings. The first kappa shape index (κ1) is 7.25. The van der Waals surface area contributed by atoms with Crippen LogP contribution < -0.4 is 10.6 Å². The first-order chi connectivity index (χ1) is 6.83. The lowest BCUT2D eigenvalue weighted by Gasteiger charge is -1.98. The summed E-state index contributed by atoms with van der Waals surface area (Å²) >= 11 is 0. The molecular formula is C9H5N4O. The Morgan fingerprint density at radius 2 is 2.21 bits per heavy atom. The molecule has 3 rings (SSSR count). The van der Waals surface area contributed by atoms with Gasteiger partial charge in [-0.25, -0.2) is 14.8 Å². The van der Waals surface area contributed by atoms with E-state index in [1.54, 1.807) is 18.3 Å². The third-order valence-corrected chi connectivity index (χ3v) is 2.09. The number of aromatic nitrogens is 2. The van der Waals surface area contributed by atoms with E-state index in [0.717, 1.165) is 10.9 Å². The van der Waals surface area contributed by atoms with Crippen molar-refractivity contribution in [2.24, 2.45) is 0 Å². The van der Waals surface area contributed by atoms with Gasteiger partial charge in [-0.15, -0.1) is 0 Å². The maximum atomic E-state index is 11.0. The SMILES string of the molecule is O=C1[N]c2cc3cncnc3cc2N1. The molecule has 67 valence electrons. The molecule has 5 nitrogen and oxygen atoms in total. The third kappa shape index (κ3) is 0.922. The second-order valence-electron chi connectivity index (χ2n) is 2.99. The number of hydrogen-bond donors (Lipinski definition) is 1. The van der Waals surface area contributed by atoms with Crippen LogP contribution in [0.1, 0.15) is 0 Å². The first-order valence-electron chi connectivity index (χ1n) is 4.09. The van der Waals surface area contributed by atoms with Crippen LogP contribution in [0.3, 0.4) is 0 Å². The van der Waals surface area contributed by atoms with E-state index in [0.29, 0.717) is 11.4 Å². The van der Waals surface area contributed by atoms with Crippen LogP contribution in [-0.2, 0) is 0 Å². The molecule has 14 heavy (non-hydrogen) atoms. The second-order valence-corrected chi connectivity index (χ2v) is 2.99. The molecule has 1 aromatic carbocycles. The molecule has 1 radical (unpaired) electrons.